The monoisotopic (exact) mass is 414 g/mol. The Hall–Kier alpha value is -3.85. The van der Waals surface area contributed by atoms with Crippen LogP contribution in [0, 0.1) is 18.3 Å². The van der Waals surface area contributed by atoms with Crippen LogP contribution in [0.15, 0.2) is 59.0 Å². The van der Waals surface area contributed by atoms with Gasteiger partial charge in [-0.2, -0.15) is 5.26 Å². The average Bonchev–Trinajstić information content (AvgIpc) is 3.46. The Balaban J connectivity index is 1.77. The molecule has 6 nitrogen and oxygen atoms in total. The smallest absolute Gasteiger partial charge is 0.337 e. The highest BCUT2D eigenvalue weighted by Gasteiger charge is 2.33. The Morgan fingerprint density at radius 2 is 1.90 bits per heavy atom. The van der Waals surface area contributed by atoms with Crippen molar-refractivity contribution >= 4 is 11.9 Å². The van der Waals surface area contributed by atoms with E-state index < -0.39 is 5.97 Å². The Bertz CT molecular complexity index is 1190. The minimum Gasteiger partial charge on any atom is -0.465 e. The summed E-state index contributed by atoms with van der Waals surface area (Å²) in [5, 5.41) is 9.49. The lowest BCUT2D eigenvalue weighted by Gasteiger charge is -2.24. The molecular weight excluding hydrogens is 392 g/mol. The summed E-state index contributed by atoms with van der Waals surface area (Å²) in [6, 6.07) is 17.9. The molecule has 156 valence electrons. The number of amides is 1. The van der Waals surface area contributed by atoms with Crippen LogP contribution < -0.4 is 0 Å². The molecule has 3 aromatic rings. The Morgan fingerprint density at radius 1 is 1.13 bits per heavy atom. The number of likely N-dealkylation sites (tertiary alicyclic amines) is 1. The summed E-state index contributed by atoms with van der Waals surface area (Å²) in [6.07, 6.45) is 1.69. The highest BCUT2D eigenvalue weighted by molar-refractivity contribution is 6.00. The molecule has 1 aromatic heterocycles. The van der Waals surface area contributed by atoms with E-state index in [2.05, 4.69) is 6.07 Å². The van der Waals surface area contributed by atoms with Crippen LogP contribution in [0.4, 0.5) is 0 Å². The molecule has 2 heterocycles. The fraction of sp³-hybridized carbons (Fsp3) is 0.240. The minimum atomic E-state index is -0.537. The zero-order valence-electron chi connectivity index (χ0n) is 17.4. The maximum Gasteiger partial charge on any atom is 0.337 e. The van der Waals surface area contributed by atoms with E-state index in [0.717, 1.165) is 24.4 Å². The molecule has 0 spiro atoms. The molecule has 4 rings (SSSR count). The van der Waals surface area contributed by atoms with Crippen molar-refractivity contribution in [3.05, 3.63) is 82.8 Å². The largest absolute Gasteiger partial charge is 0.465 e. The molecule has 1 amide bonds. The summed E-state index contributed by atoms with van der Waals surface area (Å²) < 4.78 is 10.7. The second-order valence-corrected chi connectivity index (χ2v) is 7.55. The van der Waals surface area contributed by atoms with Crippen molar-refractivity contribution in [1.82, 2.24) is 4.90 Å². The van der Waals surface area contributed by atoms with Crippen molar-refractivity contribution in [1.29, 1.82) is 5.26 Å². The van der Waals surface area contributed by atoms with Gasteiger partial charge in [0.25, 0.3) is 5.91 Å². The first-order valence-corrected chi connectivity index (χ1v) is 10.1. The van der Waals surface area contributed by atoms with Gasteiger partial charge in [-0.1, -0.05) is 18.2 Å². The maximum absolute atomic E-state index is 13.5. The fourth-order valence-electron chi connectivity index (χ4n) is 4.08. The van der Waals surface area contributed by atoms with Crippen molar-refractivity contribution in [2.45, 2.75) is 25.8 Å². The van der Waals surface area contributed by atoms with Crippen LogP contribution >= 0.6 is 0 Å². The second kappa shape index (κ2) is 8.49. The number of carbonyl (C=O) groups excluding carboxylic acids is 2. The molecule has 0 N–H and O–H groups in total. The number of furan rings is 1. The Kier molecular flexibility index (Phi) is 5.59. The highest BCUT2D eigenvalue weighted by Crippen LogP contribution is 2.35. The number of ether oxygens (including phenoxy) is 1. The molecule has 0 bridgehead atoms. The van der Waals surface area contributed by atoms with E-state index in [1.54, 1.807) is 41.3 Å². The Labute approximate surface area is 180 Å². The Morgan fingerprint density at radius 3 is 2.61 bits per heavy atom. The van der Waals surface area contributed by atoms with Gasteiger partial charge < -0.3 is 14.1 Å². The molecule has 1 saturated heterocycles. The van der Waals surface area contributed by atoms with Gasteiger partial charge in [0.15, 0.2) is 0 Å². The zero-order chi connectivity index (χ0) is 22.0. The number of nitrogens with zero attached hydrogens (tertiary/aromatic N) is 2. The van der Waals surface area contributed by atoms with E-state index in [1.165, 1.54) is 7.11 Å². The van der Waals surface area contributed by atoms with Gasteiger partial charge in [0.2, 0.25) is 0 Å². The van der Waals surface area contributed by atoms with Crippen molar-refractivity contribution in [2.24, 2.45) is 0 Å². The predicted molar refractivity (Wildman–Crippen MR) is 114 cm³/mol. The van der Waals surface area contributed by atoms with Gasteiger partial charge in [0.1, 0.15) is 11.5 Å². The minimum absolute atomic E-state index is 0.141. The van der Waals surface area contributed by atoms with Crippen molar-refractivity contribution in [3.8, 4) is 17.2 Å². The van der Waals surface area contributed by atoms with Crippen molar-refractivity contribution in [2.75, 3.05) is 13.7 Å². The maximum atomic E-state index is 13.5. The molecule has 0 aliphatic carbocycles. The topological polar surface area (TPSA) is 83.5 Å². The third-order valence-corrected chi connectivity index (χ3v) is 5.56. The molecule has 0 saturated carbocycles. The lowest BCUT2D eigenvalue weighted by atomic mass is 9.96. The van der Waals surface area contributed by atoms with Gasteiger partial charge in [0, 0.05) is 12.1 Å². The number of benzene rings is 2. The number of hydrogen-bond acceptors (Lipinski definition) is 5. The van der Waals surface area contributed by atoms with Crippen LogP contribution in [0.5, 0.6) is 0 Å². The lowest BCUT2D eigenvalue weighted by Crippen LogP contribution is -2.30. The second-order valence-electron chi connectivity index (χ2n) is 7.55. The molecule has 2 aromatic carbocycles. The predicted octanol–water partition coefficient (Wildman–Crippen LogP) is 4.89. The van der Waals surface area contributed by atoms with Crippen LogP contribution in [0.25, 0.3) is 11.1 Å². The van der Waals surface area contributed by atoms with Crippen LogP contribution in [-0.2, 0) is 4.74 Å². The zero-order valence-corrected chi connectivity index (χ0v) is 17.4. The summed E-state index contributed by atoms with van der Waals surface area (Å²) in [5.41, 5.74) is 2.38. The molecule has 6 heteroatoms. The SMILES string of the molecule is COC(=O)c1cc(C(=O)N2CCCC2c2ccc(C)o2)cc(-c2ccccc2C#N)c1. The van der Waals surface area contributed by atoms with Gasteiger partial charge in [-0.05, 0) is 67.3 Å². The van der Waals surface area contributed by atoms with E-state index in [1.807, 2.05) is 25.1 Å². The lowest BCUT2D eigenvalue weighted by molar-refractivity contribution is 0.0600. The quantitative estimate of drug-likeness (QED) is 0.568. The van der Waals surface area contributed by atoms with Gasteiger partial charge in [-0.25, -0.2) is 4.79 Å². The first-order valence-electron chi connectivity index (χ1n) is 10.1. The molecular formula is C25H22N2O4. The molecule has 1 atom stereocenters. The fourth-order valence-corrected chi connectivity index (χ4v) is 4.08. The molecule has 0 radical (unpaired) electrons. The normalized spacial score (nSPS) is 15.5. The molecule has 1 aliphatic heterocycles. The van der Waals surface area contributed by atoms with Crippen LogP contribution in [0.3, 0.4) is 0 Å². The third-order valence-electron chi connectivity index (χ3n) is 5.56. The van der Waals surface area contributed by atoms with Crippen LogP contribution in [-0.4, -0.2) is 30.4 Å². The van der Waals surface area contributed by atoms with Crippen LogP contribution in [0.2, 0.25) is 0 Å². The number of methoxy groups -OCH3 is 1. The van der Waals surface area contributed by atoms with Crippen LogP contribution in [0.1, 0.15) is 56.7 Å². The van der Waals surface area contributed by atoms with E-state index in [0.29, 0.717) is 28.8 Å². The number of aryl methyl sites for hydroxylation is 1. The van der Waals surface area contributed by atoms with Crippen molar-refractivity contribution < 1.29 is 18.7 Å². The van der Waals surface area contributed by atoms with E-state index in [9.17, 15) is 14.9 Å². The van der Waals surface area contributed by atoms with E-state index in [4.69, 9.17) is 9.15 Å². The summed E-state index contributed by atoms with van der Waals surface area (Å²) in [5.74, 6) is 0.850. The summed E-state index contributed by atoms with van der Waals surface area (Å²) in [7, 11) is 1.30. The first kappa shape index (κ1) is 20.4. The molecule has 31 heavy (non-hydrogen) atoms. The standard InChI is InChI=1S/C25H22N2O4/c1-16-9-10-23(31-16)22-8-5-11-27(22)24(28)19-12-18(13-20(14-19)25(29)30-2)21-7-4-3-6-17(21)15-26/h3-4,6-7,9-10,12-14,22H,5,8,11H2,1-2H3. The highest BCUT2D eigenvalue weighted by atomic mass is 16.5. The number of nitriles is 1. The number of rotatable bonds is 4. The summed E-state index contributed by atoms with van der Waals surface area (Å²) in [4.78, 5) is 27.6. The number of carbonyl (C=O) groups is 2. The van der Waals surface area contributed by atoms with E-state index >= 15 is 0 Å². The van der Waals surface area contributed by atoms with Gasteiger partial charge in [-0.15, -0.1) is 0 Å². The average molecular weight is 414 g/mol. The molecule has 1 fully saturated rings. The number of hydrogen-bond donors (Lipinski definition) is 0. The molecule has 1 aliphatic rings. The first-order chi connectivity index (χ1) is 15.0. The van der Waals surface area contributed by atoms with Gasteiger partial charge >= 0.3 is 5.97 Å². The number of esters is 1. The van der Waals surface area contributed by atoms with Gasteiger partial charge in [0.05, 0.1) is 30.3 Å². The summed E-state index contributed by atoms with van der Waals surface area (Å²) >= 11 is 0. The third kappa shape index (κ3) is 3.95. The van der Waals surface area contributed by atoms with Gasteiger partial charge in [-0.3, -0.25) is 4.79 Å². The van der Waals surface area contributed by atoms with E-state index in [-0.39, 0.29) is 17.5 Å². The van der Waals surface area contributed by atoms with Crippen molar-refractivity contribution in [3.63, 3.8) is 0 Å². The summed E-state index contributed by atoms with van der Waals surface area (Å²) in [6.45, 7) is 2.49. The molecule has 1 unspecified atom stereocenters.